The number of nitrogens with one attached hydrogen (secondary N) is 1. The minimum absolute atomic E-state index is 0.555. The summed E-state index contributed by atoms with van der Waals surface area (Å²) in [4.78, 5) is 7.03. The van der Waals surface area contributed by atoms with Gasteiger partial charge in [0, 0.05) is 38.4 Å². The zero-order valence-electron chi connectivity index (χ0n) is 15.7. The van der Waals surface area contributed by atoms with Gasteiger partial charge in [0.2, 0.25) is 0 Å². The predicted molar refractivity (Wildman–Crippen MR) is 110 cm³/mol. The molecule has 138 valence electrons. The van der Waals surface area contributed by atoms with Crippen molar-refractivity contribution in [3.05, 3.63) is 101 Å². The van der Waals surface area contributed by atoms with Gasteiger partial charge >= 0.3 is 0 Å². The first-order valence-electron chi connectivity index (χ1n) is 9.84. The smallest absolute Gasteiger partial charge is 0.0541 e. The number of nitrogens with zero attached hydrogens (tertiary/aromatic N) is 2. The fraction of sp³-hybridized carbons (Fsp3) is 0.292. The standard InChI is InChI=1S/C24H27N3/c1-2-8-20(9-3-1)16-24-17-21-10-4-5-11-22(21)19-27(24)15-14-25-18-23-12-6-7-13-26-23/h1-13,24-25H,14-19H2. The highest BCUT2D eigenvalue weighted by molar-refractivity contribution is 5.31. The molecule has 4 rings (SSSR count). The van der Waals surface area contributed by atoms with Crippen molar-refractivity contribution < 1.29 is 0 Å². The van der Waals surface area contributed by atoms with E-state index in [9.17, 15) is 0 Å². The van der Waals surface area contributed by atoms with Gasteiger partial charge in [-0.05, 0) is 41.7 Å². The molecular weight excluding hydrogens is 330 g/mol. The molecule has 0 aliphatic carbocycles. The molecule has 0 spiro atoms. The van der Waals surface area contributed by atoms with Crippen molar-refractivity contribution in [1.82, 2.24) is 15.2 Å². The van der Waals surface area contributed by atoms with Crippen LogP contribution >= 0.6 is 0 Å². The number of hydrogen-bond acceptors (Lipinski definition) is 3. The molecule has 0 radical (unpaired) electrons. The quantitative estimate of drug-likeness (QED) is 0.651. The third-order valence-corrected chi connectivity index (χ3v) is 5.39. The third-order valence-electron chi connectivity index (χ3n) is 5.39. The van der Waals surface area contributed by atoms with Crippen molar-refractivity contribution in [2.45, 2.75) is 32.0 Å². The van der Waals surface area contributed by atoms with Gasteiger partial charge in [0.15, 0.2) is 0 Å². The molecule has 2 aromatic carbocycles. The molecule has 1 aromatic heterocycles. The summed E-state index contributed by atoms with van der Waals surface area (Å²) in [5, 5.41) is 3.55. The van der Waals surface area contributed by atoms with Crippen molar-refractivity contribution >= 4 is 0 Å². The Bertz CT molecular complexity index is 833. The molecule has 1 aliphatic heterocycles. The molecule has 2 heterocycles. The average molecular weight is 358 g/mol. The van der Waals surface area contributed by atoms with E-state index in [1.54, 1.807) is 0 Å². The highest BCUT2D eigenvalue weighted by atomic mass is 15.2. The number of fused-ring (bicyclic) bond motifs is 1. The molecule has 3 aromatic rings. The molecule has 1 aliphatic rings. The van der Waals surface area contributed by atoms with Crippen molar-refractivity contribution in [2.75, 3.05) is 13.1 Å². The minimum Gasteiger partial charge on any atom is -0.310 e. The summed E-state index contributed by atoms with van der Waals surface area (Å²) in [6.07, 6.45) is 4.09. The minimum atomic E-state index is 0.555. The van der Waals surface area contributed by atoms with Crippen molar-refractivity contribution in [1.29, 1.82) is 0 Å². The van der Waals surface area contributed by atoms with Gasteiger partial charge in [-0.3, -0.25) is 9.88 Å². The average Bonchev–Trinajstić information content (AvgIpc) is 2.73. The Labute approximate surface area is 162 Å². The van der Waals surface area contributed by atoms with Crippen LogP contribution in [0.5, 0.6) is 0 Å². The molecule has 0 bridgehead atoms. The molecule has 0 saturated carbocycles. The second kappa shape index (κ2) is 8.94. The number of aromatic nitrogens is 1. The van der Waals surface area contributed by atoms with Crippen LogP contribution in [-0.2, 0) is 25.9 Å². The lowest BCUT2D eigenvalue weighted by molar-refractivity contribution is 0.170. The fourth-order valence-corrected chi connectivity index (χ4v) is 3.93. The Morgan fingerprint density at radius 2 is 1.67 bits per heavy atom. The Morgan fingerprint density at radius 3 is 2.48 bits per heavy atom. The molecule has 0 saturated heterocycles. The van der Waals surface area contributed by atoms with E-state index in [4.69, 9.17) is 0 Å². The number of pyridine rings is 1. The van der Waals surface area contributed by atoms with E-state index in [2.05, 4.69) is 75.9 Å². The third kappa shape index (κ3) is 4.82. The van der Waals surface area contributed by atoms with E-state index < -0.39 is 0 Å². The van der Waals surface area contributed by atoms with Gasteiger partial charge in [0.25, 0.3) is 0 Å². The summed E-state index contributed by atoms with van der Waals surface area (Å²) >= 11 is 0. The maximum absolute atomic E-state index is 4.39. The van der Waals surface area contributed by atoms with Crippen LogP contribution in [0.4, 0.5) is 0 Å². The van der Waals surface area contributed by atoms with Crippen LogP contribution in [0.3, 0.4) is 0 Å². The summed E-state index contributed by atoms with van der Waals surface area (Å²) in [5.74, 6) is 0. The van der Waals surface area contributed by atoms with Crippen LogP contribution in [0, 0.1) is 0 Å². The van der Waals surface area contributed by atoms with E-state index in [1.807, 2.05) is 18.3 Å². The monoisotopic (exact) mass is 357 g/mol. The predicted octanol–water partition coefficient (Wildman–Crippen LogP) is 3.84. The van der Waals surface area contributed by atoms with E-state index in [-0.39, 0.29) is 0 Å². The Hall–Kier alpha value is -2.49. The van der Waals surface area contributed by atoms with Crippen molar-refractivity contribution in [3.8, 4) is 0 Å². The first kappa shape index (κ1) is 17.9. The fourth-order valence-electron chi connectivity index (χ4n) is 3.93. The van der Waals surface area contributed by atoms with Crippen LogP contribution in [0.15, 0.2) is 79.0 Å². The van der Waals surface area contributed by atoms with Crippen molar-refractivity contribution in [3.63, 3.8) is 0 Å². The summed E-state index contributed by atoms with van der Waals surface area (Å²) < 4.78 is 0. The first-order chi connectivity index (χ1) is 13.4. The number of rotatable bonds is 7. The SMILES string of the molecule is c1ccc(CC2Cc3ccccc3CN2CCNCc2ccccn2)cc1. The summed E-state index contributed by atoms with van der Waals surface area (Å²) in [6, 6.07) is 26.4. The maximum Gasteiger partial charge on any atom is 0.0541 e. The van der Waals surface area contributed by atoms with Gasteiger partial charge in [0.1, 0.15) is 0 Å². The molecule has 1 unspecified atom stereocenters. The van der Waals surface area contributed by atoms with Gasteiger partial charge < -0.3 is 5.32 Å². The molecule has 0 fully saturated rings. The van der Waals surface area contributed by atoms with Crippen molar-refractivity contribution in [2.24, 2.45) is 0 Å². The summed E-state index contributed by atoms with van der Waals surface area (Å²) in [5.41, 5.74) is 5.51. The second-order valence-electron chi connectivity index (χ2n) is 7.28. The second-order valence-corrected chi connectivity index (χ2v) is 7.28. The number of hydrogen-bond donors (Lipinski definition) is 1. The molecule has 3 nitrogen and oxygen atoms in total. The Kier molecular flexibility index (Phi) is 5.92. The molecule has 27 heavy (non-hydrogen) atoms. The van der Waals surface area contributed by atoms with E-state index >= 15 is 0 Å². The lowest BCUT2D eigenvalue weighted by Crippen LogP contribution is -2.44. The molecule has 1 atom stereocenters. The lowest BCUT2D eigenvalue weighted by Gasteiger charge is -2.37. The van der Waals surface area contributed by atoms with Crippen LogP contribution in [0.1, 0.15) is 22.4 Å². The number of benzene rings is 2. The maximum atomic E-state index is 4.39. The van der Waals surface area contributed by atoms with Gasteiger partial charge in [-0.2, -0.15) is 0 Å². The summed E-state index contributed by atoms with van der Waals surface area (Å²) in [7, 11) is 0. The highest BCUT2D eigenvalue weighted by Crippen LogP contribution is 2.25. The van der Waals surface area contributed by atoms with E-state index in [0.29, 0.717) is 6.04 Å². The lowest BCUT2D eigenvalue weighted by atomic mass is 9.90. The zero-order chi connectivity index (χ0) is 18.3. The molecule has 3 heteroatoms. The Morgan fingerprint density at radius 1 is 0.889 bits per heavy atom. The van der Waals surface area contributed by atoms with Gasteiger partial charge in [-0.25, -0.2) is 0 Å². The van der Waals surface area contributed by atoms with Gasteiger partial charge in [-0.1, -0.05) is 60.7 Å². The van der Waals surface area contributed by atoms with E-state index in [1.165, 1.54) is 16.7 Å². The largest absolute Gasteiger partial charge is 0.310 e. The highest BCUT2D eigenvalue weighted by Gasteiger charge is 2.25. The summed E-state index contributed by atoms with van der Waals surface area (Å²) in [6.45, 7) is 3.90. The topological polar surface area (TPSA) is 28.2 Å². The molecular formula is C24H27N3. The van der Waals surface area contributed by atoms with Crippen LogP contribution in [0.25, 0.3) is 0 Å². The van der Waals surface area contributed by atoms with Gasteiger partial charge in [-0.15, -0.1) is 0 Å². The van der Waals surface area contributed by atoms with Crippen LogP contribution < -0.4 is 5.32 Å². The zero-order valence-corrected chi connectivity index (χ0v) is 15.7. The Balaban J connectivity index is 1.39. The van der Waals surface area contributed by atoms with Crippen LogP contribution in [0.2, 0.25) is 0 Å². The molecule has 1 N–H and O–H groups in total. The van der Waals surface area contributed by atoms with E-state index in [0.717, 1.165) is 44.7 Å². The first-order valence-corrected chi connectivity index (χ1v) is 9.84. The van der Waals surface area contributed by atoms with Gasteiger partial charge in [0.05, 0.1) is 5.69 Å². The molecule has 0 amide bonds. The normalized spacial score (nSPS) is 16.8. The van der Waals surface area contributed by atoms with Crippen LogP contribution in [-0.4, -0.2) is 29.0 Å².